The van der Waals surface area contributed by atoms with Gasteiger partial charge in [-0.25, -0.2) is 4.98 Å². The quantitative estimate of drug-likeness (QED) is 0.817. The Bertz CT molecular complexity index is 565. The molecule has 88 valence electrons. The highest BCUT2D eigenvalue weighted by Crippen LogP contribution is 2.20. The van der Waals surface area contributed by atoms with Gasteiger partial charge in [-0.15, -0.1) is 11.3 Å². The minimum atomic E-state index is 0.105. The fourth-order valence-corrected chi connectivity index (χ4v) is 2.88. The van der Waals surface area contributed by atoms with Gasteiger partial charge in [0.05, 0.1) is 15.6 Å². The van der Waals surface area contributed by atoms with Gasteiger partial charge in [0.1, 0.15) is 0 Å². The molecule has 0 atom stereocenters. The van der Waals surface area contributed by atoms with Crippen molar-refractivity contribution in [1.29, 1.82) is 0 Å². The van der Waals surface area contributed by atoms with Crippen molar-refractivity contribution in [1.82, 2.24) is 9.97 Å². The van der Waals surface area contributed by atoms with Crippen LogP contribution in [-0.4, -0.2) is 15.8 Å². The zero-order chi connectivity index (χ0) is 12.4. The molecule has 0 saturated carbocycles. The molecule has 3 nitrogen and oxygen atoms in total. The van der Waals surface area contributed by atoms with Crippen LogP contribution in [0.3, 0.4) is 0 Å². The van der Waals surface area contributed by atoms with Crippen LogP contribution in [0, 0.1) is 13.8 Å². The molecular formula is C12H11BrN2OS. The number of carbonyl (C=O) groups excluding carboxylic acids is 1. The molecule has 2 rings (SSSR count). The number of rotatable bonds is 3. The molecule has 0 fully saturated rings. The zero-order valence-corrected chi connectivity index (χ0v) is 11.9. The third-order valence-corrected chi connectivity index (χ3v) is 3.83. The molecule has 0 amide bonds. The minimum Gasteiger partial charge on any atom is -0.293 e. The summed E-state index contributed by atoms with van der Waals surface area (Å²) >= 11 is 4.80. The van der Waals surface area contributed by atoms with E-state index in [2.05, 4.69) is 25.9 Å². The Morgan fingerprint density at radius 2 is 2.18 bits per heavy atom. The Hall–Kier alpha value is -1.07. The van der Waals surface area contributed by atoms with Crippen LogP contribution in [0.4, 0.5) is 0 Å². The van der Waals surface area contributed by atoms with Gasteiger partial charge in [-0.1, -0.05) is 0 Å². The first-order chi connectivity index (χ1) is 8.06. The molecule has 17 heavy (non-hydrogen) atoms. The average molecular weight is 311 g/mol. The number of halogens is 1. The lowest BCUT2D eigenvalue weighted by Gasteiger charge is -2.00. The van der Waals surface area contributed by atoms with E-state index in [0.717, 1.165) is 25.6 Å². The van der Waals surface area contributed by atoms with E-state index >= 15 is 0 Å². The van der Waals surface area contributed by atoms with Crippen molar-refractivity contribution in [2.75, 3.05) is 0 Å². The lowest BCUT2D eigenvalue weighted by molar-refractivity contribution is 0.0996. The van der Waals surface area contributed by atoms with Crippen LogP contribution in [0.5, 0.6) is 0 Å². The SMILES string of the molecule is Cc1nc(C)c(C(=O)Cc2cncc(Br)c2)s1. The van der Waals surface area contributed by atoms with Gasteiger partial charge in [0.2, 0.25) is 0 Å². The smallest absolute Gasteiger partial charge is 0.179 e. The number of hydrogen-bond acceptors (Lipinski definition) is 4. The number of ketones is 1. The molecule has 0 saturated heterocycles. The summed E-state index contributed by atoms with van der Waals surface area (Å²) in [7, 11) is 0. The van der Waals surface area contributed by atoms with Gasteiger partial charge in [0.25, 0.3) is 0 Å². The molecule has 0 aliphatic carbocycles. The second-order valence-corrected chi connectivity index (χ2v) is 5.88. The Labute approximate surface area is 112 Å². The maximum absolute atomic E-state index is 12.1. The first kappa shape index (κ1) is 12.4. The second kappa shape index (κ2) is 5.06. The molecule has 0 N–H and O–H groups in total. The Morgan fingerprint density at radius 3 is 2.76 bits per heavy atom. The summed E-state index contributed by atoms with van der Waals surface area (Å²) in [5.41, 5.74) is 1.73. The van der Waals surface area contributed by atoms with Crippen molar-refractivity contribution in [3.05, 3.63) is 44.1 Å². The summed E-state index contributed by atoms with van der Waals surface area (Å²) in [6, 6.07) is 1.91. The Balaban J connectivity index is 2.20. The molecule has 5 heteroatoms. The second-order valence-electron chi connectivity index (χ2n) is 3.76. The van der Waals surface area contributed by atoms with E-state index in [4.69, 9.17) is 0 Å². The maximum atomic E-state index is 12.1. The number of hydrogen-bond donors (Lipinski definition) is 0. The predicted octanol–water partition coefficient (Wildman–Crippen LogP) is 3.34. The standard InChI is InChI=1S/C12H11BrN2OS/c1-7-12(17-8(2)15-7)11(16)4-9-3-10(13)6-14-5-9/h3,5-6H,4H2,1-2H3. The van der Waals surface area contributed by atoms with E-state index in [1.807, 2.05) is 19.9 Å². The van der Waals surface area contributed by atoms with E-state index in [1.165, 1.54) is 11.3 Å². The van der Waals surface area contributed by atoms with Crippen molar-refractivity contribution >= 4 is 33.0 Å². The van der Waals surface area contributed by atoms with Gasteiger partial charge in [-0.2, -0.15) is 0 Å². The number of pyridine rings is 1. The summed E-state index contributed by atoms with van der Waals surface area (Å²) in [6.07, 6.45) is 3.79. The number of nitrogens with zero attached hydrogens (tertiary/aromatic N) is 2. The predicted molar refractivity (Wildman–Crippen MR) is 71.6 cm³/mol. The van der Waals surface area contributed by atoms with Crippen molar-refractivity contribution < 1.29 is 4.79 Å². The molecule has 0 bridgehead atoms. The van der Waals surface area contributed by atoms with Gasteiger partial charge in [-0.05, 0) is 41.4 Å². The highest BCUT2D eigenvalue weighted by molar-refractivity contribution is 9.10. The summed E-state index contributed by atoms with van der Waals surface area (Å²) in [5.74, 6) is 0.105. The third kappa shape index (κ3) is 2.98. The fraction of sp³-hybridized carbons (Fsp3) is 0.250. The summed E-state index contributed by atoms with van der Waals surface area (Å²) in [5, 5.41) is 0.929. The van der Waals surface area contributed by atoms with Crippen LogP contribution in [0.2, 0.25) is 0 Å². The van der Waals surface area contributed by atoms with Gasteiger partial charge >= 0.3 is 0 Å². The highest BCUT2D eigenvalue weighted by Gasteiger charge is 2.14. The molecule has 0 unspecified atom stereocenters. The molecular weight excluding hydrogens is 300 g/mol. The van der Waals surface area contributed by atoms with Crippen molar-refractivity contribution in [3.63, 3.8) is 0 Å². The number of thiazole rings is 1. The number of aryl methyl sites for hydroxylation is 2. The van der Waals surface area contributed by atoms with E-state index in [1.54, 1.807) is 12.4 Å². The fourth-order valence-electron chi connectivity index (χ4n) is 1.61. The third-order valence-electron chi connectivity index (χ3n) is 2.28. The highest BCUT2D eigenvalue weighted by atomic mass is 79.9. The van der Waals surface area contributed by atoms with E-state index in [0.29, 0.717) is 6.42 Å². The molecule has 2 aromatic rings. The molecule has 0 aliphatic heterocycles. The zero-order valence-electron chi connectivity index (χ0n) is 9.53. The van der Waals surface area contributed by atoms with Gasteiger partial charge in [0.15, 0.2) is 5.78 Å². The van der Waals surface area contributed by atoms with Crippen LogP contribution < -0.4 is 0 Å². The van der Waals surface area contributed by atoms with Crippen molar-refractivity contribution in [2.24, 2.45) is 0 Å². The van der Waals surface area contributed by atoms with Gasteiger partial charge in [-0.3, -0.25) is 9.78 Å². The molecule has 2 heterocycles. The van der Waals surface area contributed by atoms with Crippen LogP contribution in [0.15, 0.2) is 22.9 Å². The molecule has 0 aliphatic rings. The first-order valence-electron chi connectivity index (χ1n) is 5.13. The number of aromatic nitrogens is 2. The van der Waals surface area contributed by atoms with E-state index in [-0.39, 0.29) is 5.78 Å². The first-order valence-corrected chi connectivity index (χ1v) is 6.74. The number of Topliss-reactive ketones (excluding diaryl/α,β-unsaturated/α-hetero) is 1. The Kier molecular flexibility index (Phi) is 3.69. The normalized spacial score (nSPS) is 10.5. The Morgan fingerprint density at radius 1 is 1.41 bits per heavy atom. The van der Waals surface area contributed by atoms with E-state index < -0.39 is 0 Å². The molecule has 2 aromatic heterocycles. The largest absolute Gasteiger partial charge is 0.293 e. The van der Waals surface area contributed by atoms with Crippen LogP contribution in [-0.2, 0) is 6.42 Å². The van der Waals surface area contributed by atoms with Crippen molar-refractivity contribution in [3.8, 4) is 0 Å². The average Bonchev–Trinajstić information content (AvgIpc) is 2.58. The van der Waals surface area contributed by atoms with Crippen molar-refractivity contribution in [2.45, 2.75) is 20.3 Å². The van der Waals surface area contributed by atoms with Crippen LogP contribution >= 0.6 is 27.3 Å². The van der Waals surface area contributed by atoms with Gasteiger partial charge in [0, 0.05) is 23.3 Å². The van der Waals surface area contributed by atoms with E-state index in [9.17, 15) is 4.79 Å². The monoisotopic (exact) mass is 310 g/mol. The molecule has 0 spiro atoms. The minimum absolute atomic E-state index is 0.105. The topological polar surface area (TPSA) is 42.9 Å². The molecule has 0 radical (unpaired) electrons. The van der Waals surface area contributed by atoms with Gasteiger partial charge < -0.3 is 0 Å². The maximum Gasteiger partial charge on any atom is 0.179 e. The summed E-state index contributed by atoms with van der Waals surface area (Å²) < 4.78 is 0.889. The van der Waals surface area contributed by atoms with Crippen LogP contribution in [0.25, 0.3) is 0 Å². The number of carbonyl (C=O) groups is 1. The summed E-state index contributed by atoms with van der Waals surface area (Å²) in [6.45, 7) is 3.78. The molecule has 0 aromatic carbocycles. The lowest BCUT2D eigenvalue weighted by Crippen LogP contribution is -2.03. The summed E-state index contributed by atoms with van der Waals surface area (Å²) in [4.78, 5) is 21.2. The van der Waals surface area contributed by atoms with Crippen LogP contribution in [0.1, 0.15) is 25.9 Å². The lowest BCUT2D eigenvalue weighted by atomic mass is 10.1.